The summed E-state index contributed by atoms with van der Waals surface area (Å²) >= 11 is 0. The van der Waals surface area contributed by atoms with E-state index in [-0.39, 0.29) is 6.10 Å². The molecule has 1 aliphatic carbocycles. The Kier molecular flexibility index (Phi) is 4.05. The van der Waals surface area contributed by atoms with E-state index in [1.807, 2.05) is 19.9 Å². The Morgan fingerprint density at radius 3 is 2.90 bits per heavy atom. The lowest BCUT2D eigenvalue weighted by Crippen LogP contribution is -2.39. The first-order chi connectivity index (χ1) is 9.72. The van der Waals surface area contributed by atoms with Crippen molar-refractivity contribution in [2.75, 3.05) is 18.0 Å². The number of anilines is 1. The minimum Gasteiger partial charge on any atom is -0.475 e. The van der Waals surface area contributed by atoms with Gasteiger partial charge in [-0.15, -0.1) is 0 Å². The van der Waals surface area contributed by atoms with Crippen LogP contribution in [0.4, 0.5) is 5.95 Å². The lowest BCUT2D eigenvalue weighted by molar-refractivity contribution is 0.232. The van der Waals surface area contributed by atoms with Crippen molar-refractivity contribution in [3.05, 3.63) is 12.3 Å². The van der Waals surface area contributed by atoms with E-state index in [2.05, 4.69) is 20.2 Å². The standard InChI is InChI=1S/C15H24N4O/c1-11(2)20-14-7-9-17-15(18-14)19(13-5-6-13)10-12-4-3-8-16-12/h7,9,11-13,16H,3-6,8,10H2,1-2H3. The maximum atomic E-state index is 5.68. The van der Waals surface area contributed by atoms with Crippen LogP contribution in [0.25, 0.3) is 0 Å². The number of nitrogens with zero attached hydrogens (tertiary/aromatic N) is 3. The molecule has 1 aromatic rings. The van der Waals surface area contributed by atoms with Crippen molar-refractivity contribution in [3.8, 4) is 5.88 Å². The van der Waals surface area contributed by atoms with Gasteiger partial charge in [0.25, 0.3) is 0 Å². The van der Waals surface area contributed by atoms with E-state index in [9.17, 15) is 0 Å². The molecule has 1 aliphatic heterocycles. The van der Waals surface area contributed by atoms with Gasteiger partial charge in [0.2, 0.25) is 11.8 Å². The first-order valence-corrected chi connectivity index (χ1v) is 7.72. The second-order valence-corrected chi connectivity index (χ2v) is 6.04. The Labute approximate surface area is 120 Å². The Morgan fingerprint density at radius 1 is 1.40 bits per heavy atom. The summed E-state index contributed by atoms with van der Waals surface area (Å²) in [5, 5.41) is 3.56. The van der Waals surface area contributed by atoms with Gasteiger partial charge in [0, 0.05) is 30.9 Å². The molecule has 1 saturated heterocycles. The predicted octanol–water partition coefficient (Wildman–Crippen LogP) is 1.98. The van der Waals surface area contributed by atoms with Gasteiger partial charge >= 0.3 is 0 Å². The van der Waals surface area contributed by atoms with E-state index < -0.39 is 0 Å². The molecule has 1 aromatic heterocycles. The molecule has 0 radical (unpaired) electrons. The van der Waals surface area contributed by atoms with Crippen LogP contribution in [0.3, 0.4) is 0 Å². The summed E-state index contributed by atoms with van der Waals surface area (Å²) in [6.07, 6.45) is 6.99. The van der Waals surface area contributed by atoms with E-state index in [1.54, 1.807) is 6.20 Å². The first kappa shape index (κ1) is 13.6. The zero-order chi connectivity index (χ0) is 13.9. The van der Waals surface area contributed by atoms with Crippen molar-refractivity contribution < 1.29 is 4.74 Å². The van der Waals surface area contributed by atoms with Gasteiger partial charge < -0.3 is 15.0 Å². The SMILES string of the molecule is CC(C)Oc1ccnc(N(CC2CCCN2)C2CC2)n1. The lowest BCUT2D eigenvalue weighted by atomic mass is 10.2. The van der Waals surface area contributed by atoms with Crippen LogP contribution in [-0.2, 0) is 0 Å². The van der Waals surface area contributed by atoms with Gasteiger partial charge in [-0.1, -0.05) is 0 Å². The summed E-state index contributed by atoms with van der Waals surface area (Å²) in [6, 6.07) is 3.03. The number of rotatable bonds is 6. The topological polar surface area (TPSA) is 50.3 Å². The summed E-state index contributed by atoms with van der Waals surface area (Å²) in [5.41, 5.74) is 0. The van der Waals surface area contributed by atoms with Crippen molar-refractivity contribution in [3.63, 3.8) is 0 Å². The average Bonchev–Trinajstić information content (AvgIpc) is 3.12. The molecule has 5 nitrogen and oxygen atoms in total. The maximum absolute atomic E-state index is 5.68. The highest BCUT2D eigenvalue weighted by Crippen LogP contribution is 2.31. The fourth-order valence-corrected chi connectivity index (χ4v) is 2.71. The van der Waals surface area contributed by atoms with Gasteiger partial charge in [0.15, 0.2) is 0 Å². The fourth-order valence-electron chi connectivity index (χ4n) is 2.71. The van der Waals surface area contributed by atoms with Crippen LogP contribution in [0.5, 0.6) is 5.88 Å². The molecular weight excluding hydrogens is 252 g/mol. The van der Waals surface area contributed by atoms with Crippen LogP contribution < -0.4 is 15.0 Å². The second kappa shape index (κ2) is 5.95. The smallest absolute Gasteiger partial charge is 0.228 e. The molecule has 1 unspecified atom stereocenters. The van der Waals surface area contributed by atoms with Gasteiger partial charge in [0.1, 0.15) is 0 Å². The highest BCUT2D eigenvalue weighted by atomic mass is 16.5. The van der Waals surface area contributed by atoms with Crippen molar-refractivity contribution in [1.29, 1.82) is 0 Å². The predicted molar refractivity (Wildman–Crippen MR) is 79.2 cm³/mol. The number of aromatic nitrogens is 2. The minimum atomic E-state index is 0.142. The highest BCUT2D eigenvalue weighted by Gasteiger charge is 2.33. The Morgan fingerprint density at radius 2 is 2.25 bits per heavy atom. The molecule has 1 atom stereocenters. The normalized spacial score (nSPS) is 22.2. The lowest BCUT2D eigenvalue weighted by Gasteiger charge is -2.26. The summed E-state index contributed by atoms with van der Waals surface area (Å²) in [6.45, 7) is 6.18. The molecule has 1 saturated carbocycles. The first-order valence-electron chi connectivity index (χ1n) is 7.72. The monoisotopic (exact) mass is 276 g/mol. The van der Waals surface area contributed by atoms with Crippen LogP contribution in [0.1, 0.15) is 39.5 Å². The van der Waals surface area contributed by atoms with Crippen molar-refractivity contribution in [2.45, 2.75) is 57.7 Å². The van der Waals surface area contributed by atoms with Crippen molar-refractivity contribution in [1.82, 2.24) is 15.3 Å². The largest absolute Gasteiger partial charge is 0.475 e. The number of nitrogens with one attached hydrogen (secondary N) is 1. The zero-order valence-corrected chi connectivity index (χ0v) is 12.4. The Balaban J connectivity index is 1.72. The van der Waals surface area contributed by atoms with Crippen molar-refractivity contribution in [2.24, 2.45) is 0 Å². The molecule has 0 spiro atoms. The van der Waals surface area contributed by atoms with E-state index >= 15 is 0 Å². The van der Waals surface area contributed by atoms with Crippen LogP contribution in [0, 0.1) is 0 Å². The number of ether oxygens (including phenoxy) is 1. The highest BCUT2D eigenvalue weighted by molar-refractivity contribution is 5.36. The van der Waals surface area contributed by atoms with Crippen LogP contribution >= 0.6 is 0 Å². The van der Waals surface area contributed by atoms with E-state index in [4.69, 9.17) is 4.74 Å². The maximum Gasteiger partial charge on any atom is 0.228 e. The average molecular weight is 276 g/mol. The Bertz CT molecular complexity index is 441. The van der Waals surface area contributed by atoms with Crippen LogP contribution in [0.15, 0.2) is 12.3 Å². The van der Waals surface area contributed by atoms with Crippen LogP contribution in [0.2, 0.25) is 0 Å². The van der Waals surface area contributed by atoms with Gasteiger partial charge in [-0.2, -0.15) is 4.98 Å². The van der Waals surface area contributed by atoms with E-state index in [0.717, 1.165) is 19.0 Å². The van der Waals surface area contributed by atoms with E-state index in [0.29, 0.717) is 18.0 Å². The van der Waals surface area contributed by atoms with Gasteiger partial charge in [-0.3, -0.25) is 0 Å². The quantitative estimate of drug-likeness (QED) is 0.861. The number of hydrogen-bond donors (Lipinski definition) is 1. The molecule has 0 aromatic carbocycles. The summed E-state index contributed by atoms with van der Waals surface area (Å²) < 4.78 is 5.68. The van der Waals surface area contributed by atoms with Crippen LogP contribution in [-0.4, -0.2) is 41.2 Å². The Hall–Kier alpha value is -1.36. The van der Waals surface area contributed by atoms with Crippen molar-refractivity contribution >= 4 is 5.95 Å². The molecule has 0 bridgehead atoms. The number of hydrogen-bond acceptors (Lipinski definition) is 5. The molecule has 5 heteroatoms. The molecule has 2 heterocycles. The molecule has 2 aliphatic rings. The summed E-state index contributed by atoms with van der Waals surface area (Å²) in [4.78, 5) is 11.4. The third-order valence-electron chi connectivity index (χ3n) is 3.80. The van der Waals surface area contributed by atoms with Gasteiger partial charge in [0.05, 0.1) is 6.10 Å². The van der Waals surface area contributed by atoms with Gasteiger partial charge in [-0.05, 0) is 46.1 Å². The van der Waals surface area contributed by atoms with Gasteiger partial charge in [-0.25, -0.2) is 4.98 Å². The zero-order valence-electron chi connectivity index (χ0n) is 12.4. The molecule has 20 heavy (non-hydrogen) atoms. The third kappa shape index (κ3) is 3.39. The summed E-state index contributed by atoms with van der Waals surface area (Å²) in [7, 11) is 0. The minimum absolute atomic E-state index is 0.142. The third-order valence-corrected chi connectivity index (χ3v) is 3.80. The molecule has 3 rings (SSSR count). The molecular formula is C15H24N4O. The molecule has 2 fully saturated rings. The molecule has 1 N–H and O–H groups in total. The van der Waals surface area contributed by atoms with E-state index in [1.165, 1.54) is 25.7 Å². The molecule has 0 amide bonds. The second-order valence-electron chi connectivity index (χ2n) is 6.04. The molecule has 110 valence electrons. The fraction of sp³-hybridized carbons (Fsp3) is 0.733. The summed E-state index contributed by atoms with van der Waals surface area (Å²) in [5.74, 6) is 1.49.